The van der Waals surface area contributed by atoms with Crippen LogP contribution in [0.25, 0.3) is 0 Å². The molecule has 0 aliphatic rings. The van der Waals surface area contributed by atoms with Gasteiger partial charge in [0.25, 0.3) is 6.47 Å². The van der Waals surface area contributed by atoms with E-state index in [2.05, 4.69) is 11.3 Å². The first-order valence-electron chi connectivity index (χ1n) is 3.31. The molecule has 0 aromatic heterocycles. The number of hydrogen-bond acceptors (Lipinski definition) is 2. The summed E-state index contributed by atoms with van der Waals surface area (Å²) in [5.74, 6) is 0.531. The topological polar surface area (TPSA) is 26.3 Å². The molecule has 0 rings (SSSR count). The molecule has 0 atom stereocenters. The second kappa shape index (κ2) is 5.47. The Labute approximate surface area is 66.9 Å². The Kier molecular flexibility index (Phi) is 4.82. The highest BCUT2D eigenvalue weighted by Gasteiger charge is 1.86. The number of allylic oxidation sites excluding steroid dienone is 4. The highest BCUT2D eigenvalue weighted by molar-refractivity contribution is 5.41. The summed E-state index contributed by atoms with van der Waals surface area (Å²) in [7, 11) is 0. The van der Waals surface area contributed by atoms with Gasteiger partial charge >= 0.3 is 0 Å². The van der Waals surface area contributed by atoms with Crippen LogP contribution in [0.15, 0.2) is 36.1 Å². The molecule has 0 aromatic carbocycles. The Bertz CT molecular complexity index is 200. The first-order chi connectivity index (χ1) is 5.20. The van der Waals surface area contributed by atoms with E-state index >= 15 is 0 Å². The number of carbonyl (C=O) groups excluding carboxylic acids is 1. The molecule has 0 unspecified atom stereocenters. The fourth-order valence-corrected chi connectivity index (χ4v) is 0.483. The Morgan fingerprint density at radius 2 is 2.09 bits per heavy atom. The molecule has 0 spiro atoms. The summed E-state index contributed by atoms with van der Waals surface area (Å²) in [6.45, 7) is 7.72. The Balaban J connectivity index is 4.08. The molecule has 0 radical (unpaired) electrons. The lowest BCUT2D eigenvalue weighted by Crippen LogP contribution is -1.84. The monoisotopic (exact) mass is 152 g/mol. The Hall–Kier alpha value is -1.31. The van der Waals surface area contributed by atoms with Crippen LogP contribution in [0.3, 0.4) is 0 Å². The second-order valence-corrected chi connectivity index (χ2v) is 2.08. The van der Waals surface area contributed by atoms with Crippen LogP contribution in [-0.4, -0.2) is 6.47 Å². The van der Waals surface area contributed by atoms with Gasteiger partial charge < -0.3 is 4.74 Å². The smallest absolute Gasteiger partial charge is 0.298 e. The van der Waals surface area contributed by atoms with E-state index in [1.165, 1.54) is 0 Å². The average Bonchev–Trinajstić information content (AvgIpc) is 1.97. The molecule has 0 aromatic rings. The molecule has 11 heavy (non-hydrogen) atoms. The van der Waals surface area contributed by atoms with Gasteiger partial charge in [0, 0.05) is 0 Å². The molecule has 0 fully saturated rings. The number of carbonyl (C=O) groups is 1. The molecular formula is C9H12O2. The molecule has 0 aliphatic heterocycles. The summed E-state index contributed by atoms with van der Waals surface area (Å²) in [4.78, 5) is 9.90. The minimum Gasteiger partial charge on any atom is -0.429 e. The van der Waals surface area contributed by atoms with Gasteiger partial charge in [-0.15, -0.1) is 0 Å². The summed E-state index contributed by atoms with van der Waals surface area (Å²) < 4.78 is 4.59. The number of rotatable bonds is 4. The quantitative estimate of drug-likeness (QED) is 0.350. The van der Waals surface area contributed by atoms with Crippen molar-refractivity contribution in [2.24, 2.45) is 0 Å². The van der Waals surface area contributed by atoms with Crippen molar-refractivity contribution in [3.63, 3.8) is 0 Å². The Morgan fingerprint density at radius 3 is 2.45 bits per heavy atom. The first kappa shape index (κ1) is 9.69. The molecule has 0 amide bonds. The van der Waals surface area contributed by atoms with E-state index in [0.717, 1.165) is 5.57 Å². The van der Waals surface area contributed by atoms with Crippen molar-refractivity contribution in [1.29, 1.82) is 0 Å². The molecule has 60 valence electrons. The van der Waals surface area contributed by atoms with Crippen molar-refractivity contribution in [3.8, 4) is 0 Å². The van der Waals surface area contributed by atoms with Crippen molar-refractivity contribution >= 4 is 6.47 Å². The fraction of sp³-hybridized carbons (Fsp3) is 0.222. The predicted molar refractivity (Wildman–Crippen MR) is 44.9 cm³/mol. The summed E-state index contributed by atoms with van der Waals surface area (Å²) in [5, 5.41) is 0. The SMILES string of the molecule is C=C(C)/C=C\C(=C/C)OC=O. The van der Waals surface area contributed by atoms with E-state index in [1.807, 2.05) is 6.92 Å². The molecular weight excluding hydrogens is 140 g/mol. The lowest BCUT2D eigenvalue weighted by molar-refractivity contribution is -0.124. The molecule has 2 heteroatoms. The molecule has 0 N–H and O–H groups in total. The van der Waals surface area contributed by atoms with E-state index in [0.29, 0.717) is 12.2 Å². The number of ether oxygens (including phenoxy) is 1. The third-order valence-electron chi connectivity index (χ3n) is 1.00. The minimum absolute atomic E-state index is 0.401. The third-order valence-corrected chi connectivity index (χ3v) is 1.00. The lowest BCUT2D eigenvalue weighted by atomic mass is 10.3. The fourth-order valence-electron chi connectivity index (χ4n) is 0.483. The summed E-state index contributed by atoms with van der Waals surface area (Å²) in [6, 6.07) is 0. The van der Waals surface area contributed by atoms with Crippen molar-refractivity contribution in [2.75, 3.05) is 0 Å². The van der Waals surface area contributed by atoms with Gasteiger partial charge in [0.15, 0.2) is 0 Å². The van der Waals surface area contributed by atoms with Gasteiger partial charge in [0.05, 0.1) is 0 Å². The average molecular weight is 152 g/mol. The largest absolute Gasteiger partial charge is 0.429 e. The third kappa shape index (κ3) is 5.15. The van der Waals surface area contributed by atoms with Crippen LogP contribution >= 0.6 is 0 Å². The summed E-state index contributed by atoms with van der Waals surface area (Å²) in [6.07, 6.45) is 5.17. The molecule has 0 bridgehead atoms. The summed E-state index contributed by atoms with van der Waals surface area (Å²) in [5.41, 5.74) is 0.916. The van der Waals surface area contributed by atoms with E-state index in [9.17, 15) is 4.79 Å². The zero-order valence-electron chi connectivity index (χ0n) is 6.83. The van der Waals surface area contributed by atoms with Crippen molar-refractivity contribution in [1.82, 2.24) is 0 Å². The van der Waals surface area contributed by atoms with E-state index in [1.54, 1.807) is 25.2 Å². The van der Waals surface area contributed by atoms with E-state index < -0.39 is 0 Å². The first-order valence-corrected chi connectivity index (χ1v) is 3.31. The maximum atomic E-state index is 9.90. The van der Waals surface area contributed by atoms with Crippen LogP contribution in [0.2, 0.25) is 0 Å². The molecule has 2 nitrogen and oxygen atoms in total. The minimum atomic E-state index is 0.401. The van der Waals surface area contributed by atoms with E-state index in [4.69, 9.17) is 0 Å². The maximum Gasteiger partial charge on any atom is 0.298 e. The van der Waals surface area contributed by atoms with Crippen molar-refractivity contribution in [2.45, 2.75) is 13.8 Å². The second-order valence-electron chi connectivity index (χ2n) is 2.08. The van der Waals surface area contributed by atoms with Gasteiger partial charge in [-0.3, -0.25) is 4.79 Å². The van der Waals surface area contributed by atoms with Gasteiger partial charge in [-0.2, -0.15) is 0 Å². The normalized spacial score (nSPS) is 11.6. The zero-order chi connectivity index (χ0) is 8.69. The van der Waals surface area contributed by atoms with Crippen LogP contribution in [0.1, 0.15) is 13.8 Å². The van der Waals surface area contributed by atoms with Crippen LogP contribution in [-0.2, 0) is 9.53 Å². The van der Waals surface area contributed by atoms with Crippen LogP contribution < -0.4 is 0 Å². The zero-order valence-corrected chi connectivity index (χ0v) is 6.83. The van der Waals surface area contributed by atoms with Crippen molar-refractivity contribution in [3.05, 3.63) is 36.1 Å². The van der Waals surface area contributed by atoms with Gasteiger partial charge in [-0.1, -0.05) is 18.2 Å². The van der Waals surface area contributed by atoms with Gasteiger partial charge in [-0.25, -0.2) is 0 Å². The highest BCUT2D eigenvalue weighted by Crippen LogP contribution is 1.99. The van der Waals surface area contributed by atoms with Crippen molar-refractivity contribution < 1.29 is 9.53 Å². The highest BCUT2D eigenvalue weighted by atomic mass is 16.5. The standard InChI is InChI=1S/C9H12O2/c1-4-9(11-7-10)6-5-8(2)3/h4-7H,2H2,1,3H3/b6-5-,9-4+. The predicted octanol–water partition coefficient (Wildman–Crippen LogP) is 2.20. The molecule has 0 saturated heterocycles. The lowest BCUT2D eigenvalue weighted by Gasteiger charge is -1.94. The number of hydrogen-bond donors (Lipinski definition) is 0. The molecule has 0 aliphatic carbocycles. The summed E-state index contributed by atoms with van der Waals surface area (Å²) >= 11 is 0. The van der Waals surface area contributed by atoms with Crippen LogP contribution in [0.5, 0.6) is 0 Å². The van der Waals surface area contributed by atoms with E-state index in [-0.39, 0.29) is 0 Å². The molecule has 0 heterocycles. The van der Waals surface area contributed by atoms with Crippen LogP contribution in [0, 0.1) is 0 Å². The maximum absolute atomic E-state index is 9.90. The molecule has 0 saturated carbocycles. The van der Waals surface area contributed by atoms with Gasteiger partial charge in [0.1, 0.15) is 5.76 Å². The van der Waals surface area contributed by atoms with Gasteiger partial charge in [-0.05, 0) is 26.0 Å². The Morgan fingerprint density at radius 1 is 1.45 bits per heavy atom. The van der Waals surface area contributed by atoms with Gasteiger partial charge in [0.2, 0.25) is 0 Å². The van der Waals surface area contributed by atoms with Crippen LogP contribution in [0.4, 0.5) is 0 Å².